The van der Waals surface area contributed by atoms with Crippen molar-refractivity contribution < 1.29 is 17.6 Å². The lowest BCUT2D eigenvalue weighted by Gasteiger charge is -2.28. The highest BCUT2D eigenvalue weighted by atomic mass is 35.5. The number of nitrogens with one attached hydrogen (secondary N) is 1. The smallest absolute Gasteiger partial charge is 0.253 e. The predicted octanol–water partition coefficient (Wildman–Crippen LogP) is 4.46. The Kier molecular flexibility index (Phi) is 6.33. The van der Waals surface area contributed by atoms with Gasteiger partial charge in [-0.3, -0.25) is 4.79 Å². The molecule has 166 valence electrons. The number of amides is 1. The molecule has 3 aromatic rings. The maximum absolute atomic E-state index is 13.4. The summed E-state index contributed by atoms with van der Waals surface area (Å²) in [7, 11) is -3.80. The predicted molar refractivity (Wildman–Crippen MR) is 122 cm³/mol. The van der Waals surface area contributed by atoms with Gasteiger partial charge in [-0.05, 0) is 59.9 Å². The van der Waals surface area contributed by atoms with E-state index < -0.39 is 15.9 Å². The van der Waals surface area contributed by atoms with Crippen LogP contribution in [0.1, 0.15) is 32.6 Å². The van der Waals surface area contributed by atoms with E-state index in [0.29, 0.717) is 18.5 Å². The topological polar surface area (TPSA) is 66.5 Å². The van der Waals surface area contributed by atoms with E-state index in [4.69, 9.17) is 11.6 Å². The minimum Gasteiger partial charge on any atom is -0.348 e. The zero-order valence-electron chi connectivity index (χ0n) is 17.4. The number of benzene rings is 3. The van der Waals surface area contributed by atoms with Crippen LogP contribution >= 0.6 is 11.6 Å². The second-order valence-corrected chi connectivity index (χ2v) is 10.1. The lowest BCUT2D eigenvalue weighted by Crippen LogP contribution is -2.36. The van der Waals surface area contributed by atoms with Crippen molar-refractivity contribution >= 4 is 27.5 Å². The fourth-order valence-electron chi connectivity index (χ4n) is 3.76. The Morgan fingerprint density at radius 1 is 1.09 bits per heavy atom. The van der Waals surface area contributed by atoms with Crippen molar-refractivity contribution in [3.63, 3.8) is 0 Å². The normalized spacial score (nSPS) is 14.1. The van der Waals surface area contributed by atoms with Gasteiger partial charge < -0.3 is 5.32 Å². The molecule has 1 aliphatic heterocycles. The summed E-state index contributed by atoms with van der Waals surface area (Å²) >= 11 is 6.20. The van der Waals surface area contributed by atoms with Crippen LogP contribution in [-0.4, -0.2) is 25.2 Å². The van der Waals surface area contributed by atoms with Gasteiger partial charge in [0, 0.05) is 19.6 Å². The molecule has 0 fully saturated rings. The summed E-state index contributed by atoms with van der Waals surface area (Å²) in [5.41, 5.74) is 3.40. The molecule has 32 heavy (non-hydrogen) atoms. The second kappa shape index (κ2) is 9.02. The summed E-state index contributed by atoms with van der Waals surface area (Å²) in [6.07, 6.45) is 0.632. The van der Waals surface area contributed by atoms with E-state index in [2.05, 4.69) is 5.32 Å². The number of carbonyl (C=O) groups excluding carboxylic acids is 1. The van der Waals surface area contributed by atoms with E-state index in [9.17, 15) is 17.6 Å². The van der Waals surface area contributed by atoms with Gasteiger partial charge >= 0.3 is 0 Å². The van der Waals surface area contributed by atoms with Gasteiger partial charge in [-0.1, -0.05) is 48.0 Å². The number of halogens is 2. The van der Waals surface area contributed by atoms with Gasteiger partial charge in [0.15, 0.2) is 0 Å². The first-order valence-corrected chi connectivity index (χ1v) is 12.0. The molecule has 0 aliphatic carbocycles. The highest BCUT2D eigenvalue weighted by Crippen LogP contribution is 2.27. The highest BCUT2D eigenvalue weighted by molar-refractivity contribution is 7.89. The van der Waals surface area contributed by atoms with Gasteiger partial charge in [0.25, 0.3) is 5.91 Å². The number of hydrogen-bond acceptors (Lipinski definition) is 3. The van der Waals surface area contributed by atoms with Crippen molar-refractivity contribution in [2.75, 3.05) is 6.54 Å². The van der Waals surface area contributed by atoms with Crippen molar-refractivity contribution in [3.8, 4) is 0 Å². The van der Waals surface area contributed by atoms with Gasteiger partial charge in [0.2, 0.25) is 10.0 Å². The number of aryl methyl sites for hydroxylation is 1. The van der Waals surface area contributed by atoms with Gasteiger partial charge in [-0.15, -0.1) is 0 Å². The Hall–Kier alpha value is -2.74. The molecule has 0 aromatic heterocycles. The molecule has 1 amide bonds. The summed E-state index contributed by atoms with van der Waals surface area (Å²) in [6, 6.07) is 16.5. The average molecular weight is 473 g/mol. The van der Waals surface area contributed by atoms with Crippen molar-refractivity contribution in [3.05, 3.63) is 99.3 Å². The van der Waals surface area contributed by atoms with E-state index >= 15 is 0 Å². The molecule has 0 unspecified atom stereocenters. The fourth-order valence-corrected chi connectivity index (χ4v) is 5.41. The number of rotatable bonds is 5. The third kappa shape index (κ3) is 4.55. The summed E-state index contributed by atoms with van der Waals surface area (Å²) < 4.78 is 41.4. The molecule has 1 heterocycles. The maximum atomic E-state index is 13.4. The van der Waals surface area contributed by atoms with Gasteiger partial charge in [0.05, 0.1) is 15.5 Å². The Morgan fingerprint density at radius 3 is 2.59 bits per heavy atom. The van der Waals surface area contributed by atoms with E-state index in [1.54, 1.807) is 19.1 Å². The quantitative estimate of drug-likeness (QED) is 0.596. The van der Waals surface area contributed by atoms with Crippen LogP contribution in [0.25, 0.3) is 0 Å². The standard InChI is InChI=1S/C24H22ClFN2O3S/c1-16-12-17(6-9-23(16)26)14-27-24(29)21-13-20(7-8-22(21)25)32(30,31)28-11-10-18-4-2-3-5-19(18)15-28/h2-9,12-13H,10-11,14-15H2,1H3,(H,27,29). The Morgan fingerprint density at radius 2 is 1.84 bits per heavy atom. The van der Waals surface area contributed by atoms with Crippen molar-refractivity contribution in [1.82, 2.24) is 9.62 Å². The maximum Gasteiger partial charge on any atom is 0.253 e. The molecule has 3 aromatic carbocycles. The Balaban J connectivity index is 1.54. The minimum atomic E-state index is -3.80. The molecular weight excluding hydrogens is 451 g/mol. The van der Waals surface area contributed by atoms with Crippen molar-refractivity contribution in [2.24, 2.45) is 0 Å². The van der Waals surface area contributed by atoms with E-state index in [-0.39, 0.29) is 34.4 Å². The first kappa shape index (κ1) is 22.5. The van der Waals surface area contributed by atoms with Crippen LogP contribution in [0.4, 0.5) is 4.39 Å². The van der Waals surface area contributed by atoms with Crippen LogP contribution in [0.2, 0.25) is 5.02 Å². The van der Waals surface area contributed by atoms with Crippen molar-refractivity contribution in [1.29, 1.82) is 0 Å². The lowest BCUT2D eigenvalue weighted by atomic mass is 10.0. The van der Waals surface area contributed by atoms with Crippen LogP contribution < -0.4 is 5.32 Å². The van der Waals surface area contributed by atoms with E-state index in [0.717, 1.165) is 16.7 Å². The molecule has 8 heteroatoms. The third-order valence-electron chi connectivity index (χ3n) is 5.59. The average Bonchev–Trinajstić information content (AvgIpc) is 2.79. The van der Waals surface area contributed by atoms with Crippen LogP contribution in [0.5, 0.6) is 0 Å². The first-order chi connectivity index (χ1) is 15.3. The number of carbonyl (C=O) groups is 1. The summed E-state index contributed by atoms with van der Waals surface area (Å²) in [5, 5.41) is 2.87. The van der Waals surface area contributed by atoms with Crippen LogP contribution in [0, 0.1) is 12.7 Å². The van der Waals surface area contributed by atoms with E-state index in [1.165, 1.54) is 28.6 Å². The number of nitrogens with zero attached hydrogens (tertiary/aromatic N) is 1. The molecule has 1 aliphatic rings. The molecule has 5 nitrogen and oxygen atoms in total. The van der Waals surface area contributed by atoms with Gasteiger partial charge in [-0.2, -0.15) is 4.31 Å². The monoisotopic (exact) mass is 472 g/mol. The lowest BCUT2D eigenvalue weighted by molar-refractivity contribution is 0.0951. The molecule has 0 saturated heterocycles. The summed E-state index contributed by atoms with van der Waals surface area (Å²) in [4.78, 5) is 12.7. The zero-order valence-corrected chi connectivity index (χ0v) is 19.0. The second-order valence-electron chi connectivity index (χ2n) is 7.77. The highest BCUT2D eigenvalue weighted by Gasteiger charge is 2.29. The number of hydrogen-bond donors (Lipinski definition) is 1. The molecule has 0 bridgehead atoms. The molecular formula is C24H22ClFN2O3S. The molecule has 0 atom stereocenters. The SMILES string of the molecule is Cc1cc(CNC(=O)c2cc(S(=O)(=O)N3CCc4ccccc4C3)ccc2Cl)ccc1F. The summed E-state index contributed by atoms with van der Waals surface area (Å²) in [6.45, 7) is 2.46. The number of fused-ring (bicyclic) bond motifs is 1. The molecule has 4 rings (SSSR count). The molecule has 0 radical (unpaired) electrons. The fraction of sp³-hybridized carbons (Fsp3) is 0.208. The third-order valence-corrected chi connectivity index (χ3v) is 7.76. The largest absolute Gasteiger partial charge is 0.348 e. The van der Waals surface area contributed by atoms with E-state index in [1.807, 2.05) is 24.3 Å². The molecule has 0 saturated carbocycles. The van der Waals surface area contributed by atoms with Gasteiger partial charge in [0.1, 0.15) is 5.82 Å². The van der Waals surface area contributed by atoms with Crippen LogP contribution in [0.15, 0.2) is 65.6 Å². The van der Waals surface area contributed by atoms with Crippen LogP contribution in [0.3, 0.4) is 0 Å². The van der Waals surface area contributed by atoms with Gasteiger partial charge in [-0.25, -0.2) is 12.8 Å². The zero-order chi connectivity index (χ0) is 22.9. The van der Waals surface area contributed by atoms with Crippen LogP contribution in [-0.2, 0) is 29.5 Å². The first-order valence-electron chi connectivity index (χ1n) is 10.2. The molecule has 1 N–H and O–H groups in total. The van der Waals surface area contributed by atoms with Crippen molar-refractivity contribution in [2.45, 2.75) is 31.3 Å². The summed E-state index contributed by atoms with van der Waals surface area (Å²) in [5.74, 6) is -0.820. The molecule has 0 spiro atoms. The number of sulfonamides is 1. The Bertz CT molecular complexity index is 1290. The minimum absolute atomic E-state index is 0.0176. The Labute approximate surface area is 191 Å².